The van der Waals surface area contributed by atoms with Crippen LogP contribution in [0.4, 0.5) is 0 Å². The number of hydrogen-bond acceptors (Lipinski definition) is 2. The van der Waals surface area contributed by atoms with Crippen molar-refractivity contribution in [3.8, 4) is 0 Å². The third-order valence-corrected chi connectivity index (χ3v) is 2.62. The van der Waals surface area contributed by atoms with Gasteiger partial charge in [0, 0.05) is 13.2 Å². The quantitative estimate of drug-likeness (QED) is 0.516. The fraction of sp³-hybridized carbons (Fsp3) is 1.00. The Balaban J connectivity index is 2.88. The Morgan fingerprint density at radius 1 is 0.938 bits per heavy atom. The third kappa shape index (κ3) is 13.9. The Hall–Kier alpha value is -0.0800. The molecule has 0 rings (SSSR count). The van der Waals surface area contributed by atoms with Crippen LogP contribution in [0.5, 0.6) is 0 Å². The molecule has 0 saturated heterocycles. The van der Waals surface area contributed by atoms with Gasteiger partial charge in [-0.25, -0.2) is 0 Å². The molecular formula is C14H31NO. The predicted molar refractivity (Wildman–Crippen MR) is 71.9 cm³/mol. The zero-order valence-electron chi connectivity index (χ0n) is 11.6. The SMILES string of the molecule is CCCCCCCCOCCNCC(C)C. The summed E-state index contributed by atoms with van der Waals surface area (Å²) in [5.41, 5.74) is 0. The first-order valence-corrected chi connectivity index (χ1v) is 7.05. The lowest BCUT2D eigenvalue weighted by Gasteiger charge is -2.07. The summed E-state index contributed by atoms with van der Waals surface area (Å²) < 4.78 is 5.56. The van der Waals surface area contributed by atoms with Crippen molar-refractivity contribution in [2.75, 3.05) is 26.3 Å². The summed E-state index contributed by atoms with van der Waals surface area (Å²) in [5.74, 6) is 0.735. The van der Waals surface area contributed by atoms with E-state index in [-0.39, 0.29) is 0 Å². The maximum Gasteiger partial charge on any atom is 0.0590 e. The van der Waals surface area contributed by atoms with Crippen molar-refractivity contribution in [2.45, 2.75) is 59.3 Å². The van der Waals surface area contributed by atoms with Gasteiger partial charge in [0.1, 0.15) is 0 Å². The molecule has 0 fully saturated rings. The van der Waals surface area contributed by atoms with E-state index in [0.717, 1.165) is 32.2 Å². The molecule has 0 aliphatic rings. The summed E-state index contributed by atoms with van der Waals surface area (Å²) >= 11 is 0. The van der Waals surface area contributed by atoms with E-state index in [1.165, 1.54) is 38.5 Å². The highest BCUT2D eigenvalue weighted by Crippen LogP contribution is 2.04. The predicted octanol–water partition coefficient (Wildman–Crippen LogP) is 3.61. The number of hydrogen-bond donors (Lipinski definition) is 1. The topological polar surface area (TPSA) is 21.3 Å². The van der Waals surface area contributed by atoms with E-state index in [0.29, 0.717) is 0 Å². The van der Waals surface area contributed by atoms with E-state index >= 15 is 0 Å². The minimum atomic E-state index is 0.735. The summed E-state index contributed by atoms with van der Waals surface area (Å²) in [4.78, 5) is 0. The summed E-state index contributed by atoms with van der Waals surface area (Å²) in [5, 5.41) is 3.38. The molecule has 98 valence electrons. The van der Waals surface area contributed by atoms with Crippen LogP contribution in [0.1, 0.15) is 59.3 Å². The third-order valence-electron chi connectivity index (χ3n) is 2.62. The second kappa shape index (κ2) is 13.0. The number of unbranched alkanes of at least 4 members (excludes halogenated alkanes) is 5. The maximum atomic E-state index is 5.56. The molecule has 2 heteroatoms. The molecule has 0 aromatic carbocycles. The molecule has 16 heavy (non-hydrogen) atoms. The van der Waals surface area contributed by atoms with Gasteiger partial charge in [-0.1, -0.05) is 52.9 Å². The highest BCUT2D eigenvalue weighted by Gasteiger charge is 1.93. The van der Waals surface area contributed by atoms with Crippen LogP contribution >= 0.6 is 0 Å². The van der Waals surface area contributed by atoms with Gasteiger partial charge in [-0.3, -0.25) is 0 Å². The second-order valence-corrected chi connectivity index (χ2v) is 4.98. The average molecular weight is 229 g/mol. The molecule has 0 saturated carbocycles. The Morgan fingerprint density at radius 2 is 1.62 bits per heavy atom. The van der Waals surface area contributed by atoms with Crippen LogP contribution < -0.4 is 5.32 Å². The highest BCUT2D eigenvalue weighted by atomic mass is 16.5. The van der Waals surface area contributed by atoms with Gasteiger partial charge >= 0.3 is 0 Å². The van der Waals surface area contributed by atoms with Gasteiger partial charge in [-0.05, 0) is 18.9 Å². The standard InChI is InChI=1S/C14H31NO/c1-4-5-6-7-8-9-11-16-12-10-15-13-14(2)3/h14-15H,4-13H2,1-3H3. The first-order chi connectivity index (χ1) is 7.77. The molecule has 0 radical (unpaired) electrons. The smallest absolute Gasteiger partial charge is 0.0590 e. The van der Waals surface area contributed by atoms with E-state index in [9.17, 15) is 0 Å². The van der Waals surface area contributed by atoms with Crippen LogP contribution in [0.2, 0.25) is 0 Å². The van der Waals surface area contributed by atoms with Crippen LogP contribution in [0.25, 0.3) is 0 Å². The van der Waals surface area contributed by atoms with Crippen LogP contribution in [0.15, 0.2) is 0 Å². The van der Waals surface area contributed by atoms with E-state index in [1.54, 1.807) is 0 Å². The fourth-order valence-corrected chi connectivity index (χ4v) is 1.62. The molecule has 0 aromatic rings. The first-order valence-electron chi connectivity index (χ1n) is 7.05. The van der Waals surface area contributed by atoms with Crippen molar-refractivity contribution >= 4 is 0 Å². The van der Waals surface area contributed by atoms with Crippen LogP contribution in [0.3, 0.4) is 0 Å². The van der Waals surface area contributed by atoms with Crippen LogP contribution in [0, 0.1) is 5.92 Å². The van der Waals surface area contributed by atoms with E-state index in [2.05, 4.69) is 26.1 Å². The van der Waals surface area contributed by atoms with Gasteiger partial charge in [-0.2, -0.15) is 0 Å². The largest absolute Gasteiger partial charge is 0.380 e. The van der Waals surface area contributed by atoms with Gasteiger partial charge in [0.25, 0.3) is 0 Å². The molecule has 0 aliphatic heterocycles. The van der Waals surface area contributed by atoms with Crippen LogP contribution in [-0.4, -0.2) is 26.3 Å². The van der Waals surface area contributed by atoms with Crippen molar-refractivity contribution in [1.82, 2.24) is 5.32 Å². The van der Waals surface area contributed by atoms with E-state index in [1.807, 2.05) is 0 Å². The van der Waals surface area contributed by atoms with Crippen LogP contribution in [-0.2, 0) is 4.74 Å². The lowest BCUT2D eigenvalue weighted by atomic mass is 10.1. The van der Waals surface area contributed by atoms with E-state index in [4.69, 9.17) is 4.74 Å². The molecule has 0 aliphatic carbocycles. The number of nitrogens with one attached hydrogen (secondary N) is 1. The monoisotopic (exact) mass is 229 g/mol. The zero-order valence-corrected chi connectivity index (χ0v) is 11.6. The first kappa shape index (κ1) is 15.9. The summed E-state index contributed by atoms with van der Waals surface area (Å²) in [6.07, 6.45) is 8.06. The van der Waals surface area contributed by atoms with Gasteiger partial charge in [0.2, 0.25) is 0 Å². The normalized spacial score (nSPS) is 11.2. The lowest BCUT2D eigenvalue weighted by Crippen LogP contribution is -2.24. The zero-order chi connectivity index (χ0) is 12.1. The molecule has 0 amide bonds. The molecule has 0 bridgehead atoms. The lowest BCUT2D eigenvalue weighted by molar-refractivity contribution is 0.131. The maximum absolute atomic E-state index is 5.56. The molecule has 0 aromatic heterocycles. The molecule has 2 nitrogen and oxygen atoms in total. The molecular weight excluding hydrogens is 198 g/mol. The number of ether oxygens (including phenoxy) is 1. The van der Waals surface area contributed by atoms with Gasteiger partial charge in [0.05, 0.1) is 6.61 Å². The van der Waals surface area contributed by atoms with Gasteiger partial charge in [-0.15, -0.1) is 0 Å². The average Bonchev–Trinajstić information content (AvgIpc) is 2.25. The van der Waals surface area contributed by atoms with Crippen molar-refractivity contribution < 1.29 is 4.74 Å². The Labute approximate surface area is 102 Å². The van der Waals surface area contributed by atoms with Crippen molar-refractivity contribution in [3.63, 3.8) is 0 Å². The summed E-state index contributed by atoms with van der Waals surface area (Å²) in [6.45, 7) is 10.6. The Morgan fingerprint density at radius 3 is 2.31 bits per heavy atom. The van der Waals surface area contributed by atoms with Crippen molar-refractivity contribution in [1.29, 1.82) is 0 Å². The number of rotatable bonds is 12. The van der Waals surface area contributed by atoms with Gasteiger partial charge < -0.3 is 10.1 Å². The highest BCUT2D eigenvalue weighted by molar-refractivity contribution is 4.50. The molecule has 0 atom stereocenters. The van der Waals surface area contributed by atoms with E-state index < -0.39 is 0 Å². The van der Waals surface area contributed by atoms with Gasteiger partial charge in [0.15, 0.2) is 0 Å². The molecule has 0 spiro atoms. The minimum Gasteiger partial charge on any atom is -0.380 e. The van der Waals surface area contributed by atoms with Crippen molar-refractivity contribution in [3.05, 3.63) is 0 Å². The molecule has 0 unspecified atom stereocenters. The van der Waals surface area contributed by atoms with Crippen molar-refractivity contribution in [2.24, 2.45) is 5.92 Å². The Kier molecular flexibility index (Phi) is 12.9. The Bertz CT molecular complexity index is 126. The fourth-order valence-electron chi connectivity index (χ4n) is 1.62. The summed E-state index contributed by atoms with van der Waals surface area (Å²) in [6, 6.07) is 0. The second-order valence-electron chi connectivity index (χ2n) is 4.98. The molecule has 0 heterocycles. The minimum absolute atomic E-state index is 0.735. The summed E-state index contributed by atoms with van der Waals surface area (Å²) in [7, 11) is 0. The molecule has 1 N–H and O–H groups in total.